The molecule has 0 bridgehead atoms. The summed E-state index contributed by atoms with van der Waals surface area (Å²) in [5, 5.41) is 8.72. The van der Waals surface area contributed by atoms with Gasteiger partial charge in [-0.3, -0.25) is 0 Å². The fraction of sp³-hybridized carbons (Fsp3) is 0.100. The fourth-order valence-electron chi connectivity index (χ4n) is 1.31. The van der Waals surface area contributed by atoms with E-state index in [1.165, 1.54) is 18.4 Å². The summed E-state index contributed by atoms with van der Waals surface area (Å²) in [6, 6.07) is 5.46. The first-order valence-corrected chi connectivity index (χ1v) is 4.26. The molecule has 3 nitrogen and oxygen atoms in total. The molecule has 0 saturated carbocycles. The van der Waals surface area contributed by atoms with Crippen LogP contribution in [-0.2, 0) is 6.18 Å². The van der Waals surface area contributed by atoms with Gasteiger partial charge in [0.05, 0.1) is 17.5 Å². The van der Waals surface area contributed by atoms with Crippen LogP contribution in [0, 0.1) is 11.3 Å². The van der Waals surface area contributed by atoms with Gasteiger partial charge in [-0.1, -0.05) is 0 Å². The van der Waals surface area contributed by atoms with Crippen LogP contribution in [-0.4, -0.2) is 4.98 Å². The van der Waals surface area contributed by atoms with Gasteiger partial charge >= 0.3 is 6.18 Å². The van der Waals surface area contributed by atoms with Gasteiger partial charge in [0, 0.05) is 0 Å². The maximum absolute atomic E-state index is 12.4. The van der Waals surface area contributed by atoms with Gasteiger partial charge < -0.3 is 9.40 Å². The van der Waals surface area contributed by atoms with Crippen molar-refractivity contribution < 1.29 is 17.6 Å². The first-order chi connectivity index (χ1) is 7.52. The molecule has 0 atom stereocenters. The molecule has 0 fully saturated rings. The molecule has 0 aromatic carbocycles. The maximum atomic E-state index is 12.4. The molecule has 0 saturated heterocycles. The quantitative estimate of drug-likeness (QED) is 0.811. The van der Waals surface area contributed by atoms with Gasteiger partial charge in [-0.15, -0.1) is 0 Å². The van der Waals surface area contributed by atoms with Crippen molar-refractivity contribution in [3.05, 3.63) is 35.7 Å². The third-order valence-electron chi connectivity index (χ3n) is 2.01. The molecule has 6 heteroatoms. The molecule has 0 spiro atoms. The molecule has 0 aliphatic carbocycles. The molecule has 0 aliphatic rings. The molecule has 1 N–H and O–H groups in total. The second kappa shape index (κ2) is 3.45. The minimum absolute atomic E-state index is 0.0415. The van der Waals surface area contributed by atoms with Gasteiger partial charge in [-0.05, 0) is 18.2 Å². The van der Waals surface area contributed by atoms with Crippen LogP contribution in [0.25, 0.3) is 11.5 Å². The Hall–Kier alpha value is -2.16. The number of aromatic amines is 1. The van der Waals surface area contributed by atoms with Crippen LogP contribution in [0.5, 0.6) is 0 Å². The molecule has 0 aliphatic heterocycles. The second-order valence-electron chi connectivity index (χ2n) is 3.06. The van der Waals surface area contributed by atoms with Gasteiger partial charge in [0.15, 0.2) is 5.76 Å². The average molecular weight is 226 g/mol. The number of nitriles is 1. The number of aromatic nitrogens is 1. The van der Waals surface area contributed by atoms with Crippen molar-refractivity contribution in [1.82, 2.24) is 4.98 Å². The van der Waals surface area contributed by atoms with Gasteiger partial charge in [0.25, 0.3) is 0 Å². The molecule has 2 heterocycles. The summed E-state index contributed by atoms with van der Waals surface area (Å²) in [5.74, 6) is 0.201. The van der Waals surface area contributed by atoms with Crippen molar-refractivity contribution in [3.63, 3.8) is 0 Å². The Morgan fingerprint density at radius 2 is 2.12 bits per heavy atom. The molecule has 82 valence electrons. The van der Waals surface area contributed by atoms with Gasteiger partial charge in [-0.25, -0.2) is 0 Å². The zero-order chi connectivity index (χ0) is 11.8. The Morgan fingerprint density at radius 1 is 1.38 bits per heavy atom. The SMILES string of the molecule is N#Cc1cc(C(F)(F)F)[nH]c1-c1ccco1. The van der Waals surface area contributed by atoms with E-state index in [2.05, 4.69) is 4.98 Å². The van der Waals surface area contributed by atoms with E-state index in [1.807, 2.05) is 0 Å². The smallest absolute Gasteiger partial charge is 0.431 e. The van der Waals surface area contributed by atoms with Crippen LogP contribution in [0.2, 0.25) is 0 Å². The Kier molecular flexibility index (Phi) is 2.23. The number of rotatable bonds is 1. The van der Waals surface area contributed by atoms with E-state index >= 15 is 0 Å². The van der Waals surface area contributed by atoms with Crippen LogP contribution >= 0.6 is 0 Å². The molecule has 2 rings (SSSR count). The highest BCUT2D eigenvalue weighted by atomic mass is 19.4. The number of alkyl halides is 3. The fourth-order valence-corrected chi connectivity index (χ4v) is 1.31. The summed E-state index contributed by atoms with van der Waals surface area (Å²) in [4.78, 5) is 2.13. The van der Waals surface area contributed by atoms with Crippen molar-refractivity contribution in [1.29, 1.82) is 5.26 Å². The Morgan fingerprint density at radius 3 is 2.62 bits per heavy atom. The largest absolute Gasteiger partial charge is 0.463 e. The standard InChI is InChI=1S/C10H5F3N2O/c11-10(12,13)8-4-6(5-14)9(15-8)7-2-1-3-16-7/h1-4,15H. The second-order valence-corrected chi connectivity index (χ2v) is 3.06. The molecule has 2 aromatic heterocycles. The highest BCUT2D eigenvalue weighted by Crippen LogP contribution is 2.33. The minimum Gasteiger partial charge on any atom is -0.463 e. The van der Waals surface area contributed by atoms with Crippen LogP contribution in [0.3, 0.4) is 0 Å². The molecule has 0 radical (unpaired) electrons. The average Bonchev–Trinajstić information content (AvgIpc) is 2.85. The topological polar surface area (TPSA) is 52.7 Å². The van der Waals surface area contributed by atoms with Gasteiger partial charge in [0.2, 0.25) is 0 Å². The summed E-state index contributed by atoms with van der Waals surface area (Å²) in [6.45, 7) is 0. The predicted molar refractivity (Wildman–Crippen MR) is 48.2 cm³/mol. The van der Waals surface area contributed by atoms with E-state index < -0.39 is 11.9 Å². The lowest BCUT2D eigenvalue weighted by atomic mass is 10.2. The summed E-state index contributed by atoms with van der Waals surface area (Å²) in [7, 11) is 0. The van der Waals surface area contributed by atoms with Crippen LogP contribution < -0.4 is 0 Å². The van der Waals surface area contributed by atoms with E-state index in [9.17, 15) is 13.2 Å². The number of furan rings is 1. The summed E-state index contributed by atoms with van der Waals surface area (Å²) < 4.78 is 42.1. The zero-order valence-corrected chi connectivity index (χ0v) is 7.80. The van der Waals surface area contributed by atoms with E-state index in [-0.39, 0.29) is 17.0 Å². The first-order valence-electron chi connectivity index (χ1n) is 4.26. The van der Waals surface area contributed by atoms with Crippen LogP contribution in [0.4, 0.5) is 13.2 Å². The number of H-pyrrole nitrogens is 1. The van der Waals surface area contributed by atoms with E-state index in [1.54, 1.807) is 6.07 Å². The third-order valence-corrected chi connectivity index (χ3v) is 2.01. The lowest BCUT2D eigenvalue weighted by Crippen LogP contribution is -2.04. The maximum Gasteiger partial charge on any atom is 0.431 e. The highest BCUT2D eigenvalue weighted by molar-refractivity contribution is 5.63. The van der Waals surface area contributed by atoms with Crippen molar-refractivity contribution >= 4 is 0 Å². The number of hydrogen-bond donors (Lipinski definition) is 1. The van der Waals surface area contributed by atoms with E-state index in [4.69, 9.17) is 9.68 Å². The van der Waals surface area contributed by atoms with Gasteiger partial charge in [0.1, 0.15) is 11.8 Å². The molecule has 0 amide bonds. The van der Waals surface area contributed by atoms with Crippen LogP contribution in [0.15, 0.2) is 28.9 Å². The number of nitrogens with one attached hydrogen (secondary N) is 1. The lowest BCUT2D eigenvalue weighted by molar-refractivity contribution is -0.140. The summed E-state index contributed by atoms with van der Waals surface area (Å²) >= 11 is 0. The summed E-state index contributed by atoms with van der Waals surface area (Å²) in [5.41, 5.74) is -1.02. The van der Waals surface area contributed by atoms with Gasteiger partial charge in [-0.2, -0.15) is 18.4 Å². The lowest BCUT2D eigenvalue weighted by Gasteiger charge is -2.01. The molecule has 16 heavy (non-hydrogen) atoms. The Labute approximate surface area is 88.1 Å². The number of hydrogen-bond acceptors (Lipinski definition) is 2. The monoisotopic (exact) mass is 226 g/mol. The van der Waals surface area contributed by atoms with Crippen molar-refractivity contribution in [2.75, 3.05) is 0 Å². The normalized spacial score (nSPS) is 11.4. The number of halogens is 3. The van der Waals surface area contributed by atoms with Crippen LogP contribution in [0.1, 0.15) is 11.3 Å². The van der Waals surface area contributed by atoms with E-state index in [0.29, 0.717) is 0 Å². The van der Waals surface area contributed by atoms with E-state index in [0.717, 1.165) is 6.07 Å². The first kappa shape index (κ1) is 10.4. The number of nitrogens with zero attached hydrogens (tertiary/aromatic N) is 1. The summed E-state index contributed by atoms with van der Waals surface area (Å²) in [6.07, 6.45) is -3.18. The molecular weight excluding hydrogens is 221 g/mol. The molecule has 0 unspecified atom stereocenters. The Balaban J connectivity index is 2.55. The third kappa shape index (κ3) is 1.67. The van der Waals surface area contributed by atoms with Crippen molar-refractivity contribution in [3.8, 4) is 17.5 Å². The minimum atomic E-state index is -4.50. The highest BCUT2D eigenvalue weighted by Gasteiger charge is 2.34. The molecule has 2 aromatic rings. The predicted octanol–water partition coefficient (Wildman–Crippen LogP) is 3.17. The van der Waals surface area contributed by atoms with Crippen molar-refractivity contribution in [2.45, 2.75) is 6.18 Å². The van der Waals surface area contributed by atoms with Crippen molar-refractivity contribution in [2.24, 2.45) is 0 Å². The molecular formula is C10H5F3N2O. The zero-order valence-electron chi connectivity index (χ0n) is 7.80. The Bertz CT molecular complexity index is 531.